The predicted octanol–water partition coefficient (Wildman–Crippen LogP) is 1.33. The van der Waals surface area contributed by atoms with Gasteiger partial charge < -0.3 is 14.8 Å². The average Bonchev–Trinajstić information content (AvgIpc) is 2.68. The van der Waals surface area contributed by atoms with E-state index in [0.29, 0.717) is 12.1 Å². The molecule has 6 heteroatoms. The van der Waals surface area contributed by atoms with Crippen LogP contribution in [0.3, 0.4) is 0 Å². The number of nitrogens with zero attached hydrogens (tertiary/aromatic N) is 3. The van der Waals surface area contributed by atoms with Crippen LogP contribution in [0, 0.1) is 0 Å². The topological polar surface area (TPSA) is 57.6 Å². The highest BCUT2D eigenvalue weighted by atomic mass is 16.2. The van der Waals surface area contributed by atoms with Gasteiger partial charge in [0.1, 0.15) is 0 Å². The Morgan fingerprint density at radius 1 is 1.08 bits per heavy atom. The van der Waals surface area contributed by atoms with Gasteiger partial charge in [-0.3, -0.25) is 14.5 Å². The van der Waals surface area contributed by atoms with Crippen molar-refractivity contribution in [2.45, 2.75) is 6.42 Å². The van der Waals surface area contributed by atoms with Gasteiger partial charge in [0.05, 0.1) is 0 Å². The van der Waals surface area contributed by atoms with Gasteiger partial charge in [-0.05, 0) is 31.2 Å². The van der Waals surface area contributed by atoms with Crippen LogP contribution < -0.4 is 15.8 Å². The minimum absolute atomic E-state index is 0.172. The maximum absolute atomic E-state index is 12.1. The first-order valence-corrected chi connectivity index (χ1v) is 9.11. The maximum Gasteiger partial charge on any atom is 0.251 e. The van der Waals surface area contributed by atoms with Gasteiger partial charge in [0.2, 0.25) is 0 Å². The normalized spacial score (nSPS) is 15.0. The largest absolute Gasteiger partial charge is 0.369 e. The average molecular weight is 354 g/mol. The molecule has 3 rings (SSSR count). The first-order valence-electron chi connectivity index (χ1n) is 9.11. The van der Waals surface area contributed by atoms with Crippen LogP contribution >= 0.6 is 0 Å². The molecule has 1 amide bonds. The third kappa shape index (κ3) is 4.73. The van der Waals surface area contributed by atoms with Crippen LogP contribution in [0.5, 0.6) is 0 Å². The first-order chi connectivity index (χ1) is 12.6. The summed E-state index contributed by atoms with van der Waals surface area (Å²) in [6.45, 7) is 5.73. The van der Waals surface area contributed by atoms with Crippen LogP contribution in [0.15, 0.2) is 53.5 Å². The fourth-order valence-corrected chi connectivity index (χ4v) is 3.16. The summed E-state index contributed by atoms with van der Waals surface area (Å²) in [6, 6.07) is 13.5. The monoisotopic (exact) mass is 354 g/mol. The fraction of sp³-hybridized carbons (Fsp3) is 0.400. The number of hydrogen-bond acceptors (Lipinski definition) is 4. The van der Waals surface area contributed by atoms with E-state index in [0.717, 1.165) is 39.1 Å². The minimum Gasteiger partial charge on any atom is -0.369 e. The second-order valence-corrected chi connectivity index (χ2v) is 6.64. The highest BCUT2D eigenvalue weighted by molar-refractivity contribution is 5.93. The number of anilines is 1. The standard InChI is InChI=1S/C20H26N4O2/c1-22-11-8-17(16-19(22)25)20(26)21-9-5-10-23-12-14-24(15-13-23)18-6-3-2-4-7-18/h2-4,6-8,11,16H,5,9-10,12-15H2,1H3,(H,21,26). The van der Waals surface area contributed by atoms with Gasteiger partial charge in [0, 0.05) is 63.3 Å². The smallest absolute Gasteiger partial charge is 0.251 e. The number of amides is 1. The van der Waals surface area contributed by atoms with Crippen molar-refractivity contribution in [3.8, 4) is 0 Å². The van der Waals surface area contributed by atoms with Gasteiger partial charge in [-0.2, -0.15) is 0 Å². The Morgan fingerprint density at radius 3 is 2.50 bits per heavy atom. The van der Waals surface area contributed by atoms with E-state index >= 15 is 0 Å². The van der Waals surface area contributed by atoms with Gasteiger partial charge in [-0.1, -0.05) is 18.2 Å². The van der Waals surface area contributed by atoms with Crippen molar-refractivity contribution < 1.29 is 4.79 Å². The molecule has 138 valence electrons. The summed E-state index contributed by atoms with van der Waals surface area (Å²) in [5.41, 5.74) is 1.53. The van der Waals surface area contributed by atoms with Crippen molar-refractivity contribution in [1.29, 1.82) is 0 Å². The Morgan fingerprint density at radius 2 is 1.81 bits per heavy atom. The molecule has 1 aliphatic rings. The molecule has 1 aromatic heterocycles. The summed E-state index contributed by atoms with van der Waals surface area (Å²) in [6.07, 6.45) is 2.52. The molecule has 6 nitrogen and oxygen atoms in total. The van der Waals surface area contributed by atoms with E-state index < -0.39 is 0 Å². The Kier molecular flexibility index (Phi) is 6.07. The third-order valence-corrected chi connectivity index (χ3v) is 4.80. The van der Waals surface area contributed by atoms with Crippen molar-refractivity contribution in [3.05, 3.63) is 64.6 Å². The molecule has 0 bridgehead atoms. The Hall–Kier alpha value is -2.60. The number of carbonyl (C=O) groups excluding carboxylic acids is 1. The van der Waals surface area contributed by atoms with E-state index in [1.54, 1.807) is 19.3 Å². The van der Waals surface area contributed by atoms with E-state index in [4.69, 9.17) is 0 Å². The third-order valence-electron chi connectivity index (χ3n) is 4.80. The number of pyridine rings is 1. The Labute approximate surface area is 154 Å². The van der Waals surface area contributed by atoms with Gasteiger partial charge in [-0.15, -0.1) is 0 Å². The summed E-state index contributed by atoms with van der Waals surface area (Å²) in [7, 11) is 1.67. The number of hydrogen-bond donors (Lipinski definition) is 1. The molecule has 1 saturated heterocycles. The quantitative estimate of drug-likeness (QED) is 0.795. The van der Waals surface area contributed by atoms with E-state index in [1.807, 2.05) is 6.07 Å². The second kappa shape index (κ2) is 8.67. The molecule has 0 unspecified atom stereocenters. The molecular weight excluding hydrogens is 328 g/mol. The van der Waals surface area contributed by atoms with Gasteiger partial charge in [0.25, 0.3) is 11.5 Å². The zero-order chi connectivity index (χ0) is 18.4. The van der Waals surface area contributed by atoms with Crippen LogP contribution in [0.25, 0.3) is 0 Å². The van der Waals surface area contributed by atoms with E-state index in [2.05, 4.69) is 39.4 Å². The lowest BCUT2D eigenvalue weighted by atomic mass is 10.2. The molecular formula is C20H26N4O2. The lowest BCUT2D eigenvalue weighted by Crippen LogP contribution is -2.47. The number of para-hydroxylation sites is 1. The lowest BCUT2D eigenvalue weighted by molar-refractivity contribution is 0.0951. The molecule has 1 N–H and O–H groups in total. The van der Waals surface area contributed by atoms with Crippen LogP contribution in [0.1, 0.15) is 16.8 Å². The molecule has 2 heterocycles. The van der Waals surface area contributed by atoms with Crippen molar-refractivity contribution in [3.63, 3.8) is 0 Å². The van der Waals surface area contributed by atoms with Crippen molar-refractivity contribution in [1.82, 2.24) is 14.8 Å². The number of piperazine rings is 1. The van der Waals surface area contributed by atoms with Crippen LogP contribution in [-0.4, -0.2) is 54.6 Å². The molecule has 0 atom stereocenters. The minimum atomic E-state index is -0.184. The number of rotatable bonds is 6. The van der Waals surface area contributed by atoms with Gasteiger partial charge in [0.15, 0.2) is 0 Å². The predicted molar refractivity (Wildman–Crippen MR) is 104 cm³/mol. The van der Waals surface area contributed by atoms with Gasteiger partial charge in [-0.25, -0.2) is 0 Å². The Bertz CT molecular complexity index is 780. The number of carbonyl (C=O) groups is 1. The van der Waals surface area contributed by atoms with Crippen molar-refractivity contribution >= 4 is 11.6 Å². The molecule has 2 aromatic rings. The maximum atomic E-state index is 12.1. The first kappa shape index (κ1) is 18.2. The zero-order valence-electron chi connectivity index (χ0n) is 15.2. The second-order valence-electron chi connectivity index (χ2n) is 6.64. The molecule has 26 heavy (non-hydrogen) atoms. The summed E-state index contributed by atoms with van der Waals surface area (Å²) in [5.74, 6) is -0.184. The number of aromatic nitrogens is 1. The van der Waals surface area contributed by atoms with Crippen LogP contribution in [-0.2, 0) is 7.05 Å². The van der Waals surface area contributed by atoms with Crippen LogP contribution in [0.4, 0.5) is 5.69 Å². The lowest BCUT2D eigenvalue weighted by Gasteiger charge is -2.36. The molecule has 0 spiro atoms. The highest BCUT2D eigenvalue weighted by Crippen LogP contribution is 2.15. The Balaban J connectivity index is 1.36. The van der Waals surface area contributed by atoms with E-state index in [-0.39, 0.29) is 11.5 Å². The number of benzene rings is 1. The molecule has 0 aliphatic carbocycles. The number of aryl methyl sites for hydroxylation is 1. The van der Waals surface area contributed by atoms with E-state index in [1.165, 1.54) is 16.3 Å². The number of nitrogens with one attached hydrogen (secondary N) is 1. The molecule has 0 radical (unpaired) electrons. The van der Waals surface area contributed by atoms with Crippen molar-refractivity contribution in [2.75, 3.05) is 44.2 Å². The fourth-order valence-electron chi connectivity index (χ4n) is 3.16. The zero-order valence-corrected chi connectivity index (χ0v) is 15.2. The molecule has 1 fully saturated rings. The molecule has 0 saturated carbocycles. The van der Waals surface area contributed by atoms with Crippen molar-refractivity contribution in [2.24, 2.45) is 7.05 Å². The van der Waals surface area contributed by atoms with Gasteiger partial charge >= 0.3 is 0 Å². The summed E-state index contributed by atoms with van der Waals surface area (Å²) >= 11 is 0. The summed E-state index contributed by atoms with van der Waals surface area (Å²) in [5, 5.41) is 2.90. The van der Waals surface area contributed by atoms with E-state index in [9.17, 15) is 9.59 Å². The summed E-state index contributed by atoms with van der Waals surface area (Å²) in [4.78, 5) is 28.5. The summed E-state index contributed by atoms with van der Waals surface area (Å²) < 4.78 is 1.45. The van der Waals surface area contributed by atoms with Crippen LogP contribution in [0.2, 0.25) is 0 Å². The molecule has 1 aromatic carbocycles. The SMILES string of the molecule is Cn1ccc(C(=O)NCCCN2CCN(c3ccccc3)CC2)cc1=O. The highest BCUT2D eigenvalue weighted by Gasteiger charge is 2.16. The molecule has 1 aliphatic heterocycles.